The zero-order valence-corrected chi connectivity index (χ0v) is 20.4. The van der Waals surface area contributed by atoms with Crippen LogP contribution in [0.15, 0.2) is 64.4 Å². The van der Waals surface area contributed by atoms with Crippen LogP contribution in [-0.4, -0.2) is 55.5 Å². The number of sulfonamides is 1. The SMILES string of the molecule is Cc1ccc(S(=O)(=O)N2CCN(C(=O)CSc3cccc4cccc(Cl)c34)CC2)cc1C. The van der Waals surface area contributed by atoms with Gasteiger partial charge < -0.3 is 4.90 Å². The highest BCUT2D eigenvalue weighted by Gasteiger charge is 2.30. The summed E-state index contributed by atoms with van der Waals surface area (Å²) in [6, 6.07) is 16.9. The van der Waals surface area contributed by atoms with E-state index in [-0.39, 0.29) is 11.7 Å². The zero-order valence-electron chi connectivity index (χ0n) is 18.0. The second-order valence-electron chi connectivity index (χ2n) is 7.91. The van der Waals surface area contributed by atoms with Crippen molar-refractivity contribution >= 4 is 50.1 Å². The van der Waals surface area contributed by atoms with E-state index in [2.05, 4.69) is 0 Å². The molecule has 1 heterocycles. The number of fused-ring (bicyclic) bond motifs is 1. The summed E-state index contributed by atoms with van der Waals surface area (Å²) in [6.45, 7) is 5.24. The predicted molar refractivity (Wildman–Crippen MR) is 131 cm³/mol. The Morgan fingerprint density at radius 2 is 1.66 bits per heavy atom. The number of halogens is 1. The van der Waals surface area contributed by atoms with E-state index in [1.807, 2.05) is 56.3 Å². The molecular weight excluding hydrogens is 464 g/mol. The van der Waals surface area contributed by atoms with Crippen LogP contribution in [0.25, 0.3) is 10.8 Å². The van der Waals surface area contributed by atoms with Gasteiger partial charge in [-0.1, -0.05) is 41.9 Å². The first-order valence-corrected chi connectivity index (χ1v) is 13.2. The number of thioether (sulfide) groups is 1. The summed E-state index contributed by atoms with van der Waals surface area (Å²) in [5.41, 5.74) is 2.01. The maximum atomic E-state index is 13.0. The standard InChI is InChI=1S/C24H25ClN2O3S2/c1-17-9-10-20(15-18(17)2)32(29,30)27-13-11-26(12-14-27)23(28)16-31-22-8-4-6-19-5-3-7-21(25)24(19)22/h3-10,15H,11-14,16H2,1-2H3. The highest BCUT2D eigenvalue weighted by atomic mass is 35.5. The Morgan fingerprint density at radius 1 is 0.969 bits per heavy atom. The molecule has 0 unspecified atom stereocenters. The second-order valence-corrected chi connectivity index (χ2v) is 11.3. The van der Waals surface area contributed by atoms with Crippen LogP contribution in [0.1, 0.15) is 11.1 Å². The van der Waals surface area contributed by atoms with Gasteiger partial charge in [0.2, 0.25) is 15.9 Å². The number of carbonyl (C=O) groups excluding carboxylic acids is 1. The highest BCUT2D eigenvalue weighted by Crippen LogP contribution is 2.33. The minimum absolute atomic E-state index is 0.00212. The number of carbonyl (C=O) groups is 1. The van der Waals surface area contributed by atoms with E-state index in [0.29, 0.717) is 36.1 Å². The van der Waals surface area contributed by atoms with Crippen LogP contribution in [0.4, 0.5) is 0 Å². The molecule has 0 spiro atoms. The van der Waals surface area contributed by atoms with Crippen molar-refractivity contribution < 1.29 is 13.2 Å². The van der Waals surface area contributed by atoms with E-state index in [4.69, 9.17) is 11.6 Å². The van der Waals surface area contributed by atoms with E-state index >= 15 is 0 Å². The van der Waals surface area contributed by atoms with Gasteiger partial charge in [0, 0.05) is 41.5 Å². The van der Waals surface area contributed by atoms with Crippen LogP contribution in [0, 0.1) is 13.8 Å². The lowest BCUT2D eigenvalue weighted by molar-refractivity contribution is -0.129. The fourth-order valence-electron chi connectivity index (χ4n) is 3.81. The monoisotopic (exact) mass is 488 g/mol. The first kappa shape index (κ1) is 23.1. The minimum Gasteiger partial charge on any atom is -0.339 e. The summed E-state index contributed by atoms with van der Waals surface area (Å²) in [5, 5.41) is 2.67. The van der Waals surface area contributed by atoms with Crippen molar-refractivity contribution in [3.05, 3.63) is 70.7 Å². The Bertz CT molecular complexity index is 1260. The molecule has 32 heavy (non-hydrogen) atoms. The first-order chi connectivity index (χ1) is 15.3. The molecule has 1 aliphatic heterocycles. The predicted octanol–water partition coefficient (Wildman–Crippen LogP) is 4.74. The molecule has 168 valence electrons. The Balaban J connectivity index is 1.38. The van der Waals surface area contributed by atoms with Crippen LogP contribution in [0.3, 0.4) is 0 Å². The van der Waals surface area contributed by atoms with Gasteiger partial charge in [0.25, 0.3) is 0 Å². The largest absolute Gasteiger partial charge is 0.339 e. The molecule has 4 rings (SSSR count). The molecular formula is C24H25ClN2O3S2. The fourth-order valence-corrected chi connectivity index (χ4v) is 6.67. The van der Waals surface area contributed by atoms with Crippen molar-refractivity contribution in [2.75, 3.05) is 31.9 Å². The average molecular weight is 489 g/mol. The second kappa shape index (κ2) is 9.43. The molecule has 0 saturated carbocycles. The normalized spacial score (nSPS) is 15.3. The molecule has 0 bridgehead atoms. The quantitative estimate of drug-likeness (QED) is 0.487. The molecule has 0 radical (unpaired) electrons. The first-order valence-electron chi connectivity index (χ1n) is 10.4. The molecule has 0 aliphatic carbocycles. The van der Waals surface area contributed by atoms with Gasteiger partial charge in [0.1, 0.15) is 0 Å². The number of nitrogens with zero attached hydrogens (tertiary/aromatic N) is 2. The maximum Gasteiger partial charge on any atom is 0.243 e. The van der Waals surface area contributed by atoms with Crippen LogP contribution in [-0.2, 0) is 14.8 Å². The van der Waals surface area contributed by atoms with Crippen LogP contribution in [0.2, 0.25) is 5.02 Å². The lowest BCUT2D eigenvalue weighted by Gasteiger charge is -2.34. The van der Waals surface area contributed by atoms with Crippen molar-refractivity contribution in [3.63, 3.8) is 0 Å². The highest BCUT2D eigenvalue weighted by molar-refractivity contribution is 8.00. The molecule has 1 aliphatic rings. The molecule has 8 heteroatoms. The third kappa shape index (κ3) is 4.66. The van der Waals surface area contributed by atoms with Gasteiger partial charge in [-0.3, -0.25) is 4.79 Å². The molecule has 0 N–H and O–H groups in total. The van der Waals surface area contributed by atoms with E-state index in [1.165, 1.54) is 16.1 Å². The molecule has 0 atom stereocenters. The molecule has 0 aromatic heterocycles. The van der Waals surface area contributed by atoms with Gasteiger partial charge in [-0.15, -0.1) is 11.8 Å². The van der Waals surface area contributed by atoms with Crippen molar-refractivity contribution in [3.8, 4) is 0 Å². The van der Waals surface area contributed by atoms with E-state index in [0.717, 1.165) is 26.8 Å². The molecule has 1 fully saturated rings. The lowest BCUT2D eigenvalue weighted by Crippen LogP contribution is -2.50. The number of hydrogen-bond acceptors (Lipinski definition) is 4. The van der Waals surface area contributed by atoms with E-state index in [9.17, 15) is 13.2 Å². The average Bonchev–Trinajstić information content (AvgIpc) is 2.79. The Hall–Kier alpha value is -2.06. The number of rotatable bonds is 5. The Labute approximate surface area is 198 Å². The zero-order chi connectivity index (χ0) is 22.9. The summed E-state index contributed by atoms with van der Waals surface area (Å²) in [5.74, 6) is 0.288. The number of aryl methyl sites for hydroxylation is 2. The van der Waals surface area contributed by atoms with Gasteiger partial charge in [0.05, 0.1) is 10.6 Å². The summed E-state index contributed by atoms with van der Waals surface area (Å²) in [6.07, 6.45) is 0. The van der Waals surface area contributed by atoms with E-state index in [1.54, 1.807) is 17.0 Å². The van der Waals surface area contributed by atoms with Crippen LogP contribution in [0.5, 0.6) is 0 Å². The van der Waals surface area contributed by atoms with Gasteiger partial charge >= 0.3 is 0 Å². The molecule has 1 amide bonds. The summed E-state index contributed by atoms with van der Waals surface area (Å²) in [7, 11) is -3.56. The fraction of sp³-hybridized carbons (Fsp3) is 0.292. The summed E-state index contributed by atoms with van der Waals surface area (Å²) in [4.78, 5) is 15.8. The molecule has 5 nitrogen and oxygen atoms in total. The summed E-state index contributed by atoms with van der Waals surface area (Å²) >= 11 is 7.85. The topological polar surface area (TPSA) is 57.7 Å². The van der Waals surface area contributed by atoms with Gasteiger partial charge in [-0.2, -0.15) is 4.31 Å². The molecule has 1 saturated heterocycles. The number of piperazine rings is 1. The third-order valence-electron chi connectivity index (χ3n) is 5.87. The number of benzene rings is 3. The number of amides is 1. The Kier molecular flexibility index (Phi) is 6.81. The van der Waals surface area contributed by atoms with Crippen LogP contribution < -0.4 is 0 Å². The molecule has 3 aromatic rings. The van der Waals surface area contributed by atoms with Gasteiger partial charge in [0.15, 0.2) is 0 Å². The molecule has 3 aromatic carbocycles. The third-order valence-corrected chi connectivity index (χ3v) is 9.13. The van der Waals surface area contributed by atoms with Crippen LogP contribution >= 0.6 is 23.4 Å². The Morgan fingerprint density at radius 3 is 2.34 bits per heavy atom. The van der Waals surface area contributed by atoms with E-state index < -0.39 is 10.0 Å². The smallest absolute Gasteiger partial charge is 0.243 e. The van der Waals surface area contributed by atoms with Gasteiger partial charge in [-0.05, 0) is 54.6 Å². The maximum absolute atomic E-state index is 13.0. The van der Waals surface area contributed by atoms with Crippen molar-refractivity contribution in [1.82, 2.24) is 9.21 Å². The lowest BCUT2D eigenvalue weighted by atomic mass is 10.1. The minimum atomic E-state index is -3.56. The van der Waals surface area contributed by atoms with Crippen molar-refractivity contribution in [2.45, 2.75) is 23.6 Å². The van der Waals surface area contributed by atoms with Gasteiger partial charge in [-0.25, -0.2) is 8.42 Å². The summed E-state index contributed by atoms with van der Waals surface area (Å²) < 4.78 is 27.5. The van der Waals surface area contributed by atoms with Crippen molar-refractivity contribution in [2.24, 2.45) is 0 Å². The number of hydrogen-bond donors (Lipinski definition) is 0. The van der Waals surface area contributed by atoms with Crippen molar-refractivity contribution in [1.29, 1.82) is 0 Å².